The predicted octanol–water partition coefficient (Wildman–Crippen LogP) is 5.96. The maximum atomic E-state index is 13.4. The number of aryl methyl sites for hydroxylation is 2. The van der Waals surface area contributed by atoms with Gasteiger partial charge in [-0.15, -0.1) is 0 Å². The van der Waals surface area contributed by atoms with Crippen LogP contribution in [0.2, 0.25) is 5.02 Å². The molecule has 1 N–H and O–H groups in total. The van der Waals surface area contributed by atoms with E-state index < -0.39 is 11.8 Å². The second-order valence-corrected chi connectivity index (χ2v) is 9.59. The van der Waals surface area contributed by atoms with E-state index in [-0.39, 0.29) is 10.7 Å². The number of rotatable bonds is 3. The molecule has 168 valence electrons. The lowest BCUT2D eigenvalue weighted by atomic mass is 10.0. The Bertz CT molecular complexity index is 1380. The largest absolute Gasteiger partial charge is 0.318 e. The first-order chi connectivity index (χ1) is 15.6. The van der Waals surface area contributed by atoms with Crippen LogP contribution in [-0.2, 0) is 9.59 Å². The van der Waals surface area contributed by atoms with Gasteiger partial charge in [0.1, 0.15) is 5.57 Å². The third-order valence-corrected chi connectivity index (χ3v) is 7.37. The third kappa shape index (κ3) is 4.16. The second kappa shape index (κ2) is 8.89. The first-order valence-electron chi connectivity index (χ1n) is 10.2. The van der Waals surface area contributed by atoms with Crippen LogP contribution in [0.4, 0.5) is 5.69 Å². The molecule has 2 aromatic carbocycles. The highest BCUT2D eigenvalue weighted by atomic mass is 79.9. The van der Waals surface area contributed by atoms with Gasteiger partial charge in [0.2, 0.25) is 0 Å². The maximum absolute atomic E-state index is 13.4. The Kier molecular flexibility index (Phi) is 6.31. The molecule has 0 radical (unpaired) electrons. The van der Waals surface area contributed by atoms with Gasteiger partial charge in [0.25, 0.3) is 11.8 Å². The number of carbonyl (C=O) groups is 2. The number of halogens is 2. The molecular formula is C25H21BrClN3O2S. The maximum Gasteiger partial charge on any atom is 0.270 e. The molecule has 0 unspecified atom stereocenters. The van der Waals surface area contributed by atoms with Crippen molar-refractivity contribution < 1.29 is 9.59 Å². The van der Waals surface area contributed by atoms with E-state index in [2.05, 4.69) is 21.2 Å². The van der Waals surface area contributed by atoms with Crippen molar-refractivity contribution >= 4 is 68.4 Å². The Balaban J connectivity index is 1.79. The molecule has 1 saturated heterocycles. The van der Waals surface area contributed by atoms with Gasteiger partial charge < -0.3 is 4.57 Å². The Hall–Kier alpha value is -2.74. The summed E-state index contributed by atoms with van der Waals surface area (Å²) in [6.45, 7) is 7.80. The van der Waals surface area contributed by atoms with Crippen molar-refractivity contribution in [3.05, 3.63) is 85.6 Å². The van der Waals surface area contributed by atoms with E-state index in [4.69, 9.17) is 23.8 Å². The molecular weight excluding hydrogens is 522 g/mol. The molecule has 2 amide bonds. The highest BCUT2D eigenvalue weighted by Gasteiger charge is 2.35. The number of aromatic nitrogens is 1. The summed E-state index contributed by atoms with van der Waals surface area (Å²) in [6, 6.07) is 13.3. The molecule has 5 nitrogen and oxygen atoms in total. The lowest BCUT2D eigenvalue weighted by Gasteiger charge is -2.30. The molecule has 3 aromatic rings. The number of hydrogen-bond donors (Lipinski definition) is 1. The zero-order valence-electron chi connectivity index (χ0n) is 18.5. The zero-order chi connectivity index (χ0) is 24.0. The number of thiocarbonyl (C=S) groups is 1. The van der Waals surface area contributed by atoms with Crippen LogP contribution in [0.1, 0.15) is 28.1 Å². The van der Waals surface area contributed by atoms with Crippen molar-refractivity contribution in [1.29, 1.82) is 0 Å². The summed E-state index contributed by atoms with van der Waals surface area (Å²) < 4.78 is 2.84. The second-order valence-electron chi connectivity index (χ2n) is 7.94. The van der Waals surface area contributed by atoms with Crippen LogP contribution < -0.4 is 10.2 Å². The highest BCUT2D eigenvalue weighted by molar-refractivity contribution is 9.10. The summed E-state index contributed by atoms with van der Waals surface area (Å²) in [5.74, 6) is -0.961. The fourth-order valence-corrected chi connectivity index (χ4v) is 4.66. The number of hydrogen-bond acceptors (Lipinski definition) is 3. The van der Waals surface area contributed by atoms with E-state index >= 15 is 0 Å². The fraction of sp³-hybridized carbons (Fsp3) is 0.160. The molecule has 2 heterocycles. The van der Waals surface area contributed by atoms with Gasteiger partial charge in [0.05, 0.1) is 10.7 Å². The van der Waals surface area contributed by atoms with Crippen LogP contribution >= 0.6 is 39.7 Å². The van der Waals surface area contributed by atoms with E-state index in [1.165, 1.54) is 4.90 Å². The standard InChI is InChI=1S/C25H21BrClN3O2S/c1-13-6-5-7-22(15(13)3)30-24(32)19(23(31)28-25(30)33)11-17-10-14(2)29(16(17)4)18-8-9-20(26)21(27)12-18/h5-12H,1-4H3,(H,28,31,33)/b19-11+. The van der Waals surface area contributed by atoms with Gasteiger partial charge in [0.15, 0.2) is 5.11 Å². The van der Waals surface area contributed by atoms with E-state index in [0.717, 1.165) is 38.2 Å². The van der Waals surface area contributed by atoms with Crippen molar-refractivity contribution in [3.8, 4) is 5.69 Å². The van der Waals surface area contributed by atoms with Gasteiger partial charge in [-0.1, -0.05) is 23.7 Å². The van der Waals surface area contributed by atoms with Crippen molar-refractivity contribution in [1.82, 2.24) is 9.88 Å². The summed E-state index contributed by atoms with van der Waals surface area (Å²) >= 11 is 15.1. The molecule has 0 bridgehead atoms. The van der Waals surface area contributed by atoms with Gasteiger partial charge in [-0.25, -0.2) is 0 Å². The molecule has 33 heavy (non-hydrogen) atoms. The Morgan fingerprint density at radius 2 is 1.79 bits per heavy atom. The Labute approximate surface area is 211 Å². The minimum Gasteiger partial charge on any atom is -0.318 e. The summed E-state index contributed by atoms with van der Waals surface area (Å²) in [6.07, 6.45) is 1.62. The lowest BCUT2D eigenvalue weighted by molar-refractivity contribution is -0.122. The zero-order valence-corrected chi connectivity index (χ0v) is 21.7. The number of benzene rings is 2. The third-order valence-electron chi connectivity index (χ3n) is 5.85. The quantitative estimate of drug-likeness (QED) is 0.252. The Morgan fingerprint density at radius 1 is 1.06 bits per heavy atom. The van der Waals surface area contributed by atoms with Crippen LogP contribution in [0.3, 0.4) is 0 Å². The smallest absolute Gasteiger partial charge is 0.270 e. The molecule has 1 aromatic heterocycles. The average Bonchev–Trinajstić information content (AvgIpc) is 3.03. The molecule has 1 fully saturated rings. The van der Waals surface area contributed by atoms with E-state index in [1.807, 2.05) is 74.7 Å². The van der Waals surface area contributed by atoms with Crippen LogP contribution in [-0.4, -0.2) is 21.5 Å². The normalized spacial score (nSPS) is 15.4. The molecule has 0 aliphatic carbocycles. The van der Waals surface area contributed by atoms with Gasteiger partial charge in [-0.2, -0.15) is 0 Å². The van der Waals surface area contributed by atoms with Crippen molar-refractivity contribution in [2.24, 2.45) is 0 Å². The molecule has 1 aliphatic heterocycles. The van der Waals surface area contributed by atoms with Crippen LogP contribution in [0, 0.1) is 27.7 Å². The number of anilines is 1. The summed E-state index contributed by atoms with van der Waals surface area (Å²) in [4.78, 5) is 27.6. The van der Waals surface area contributed by atoms with Crippen LogP contribution in [0.5, 0.6) is 0 Å². The summed E-state index contributed by atoms with van der Waals surface area (Å²) in [7, 11) is 0. The summed E-state index contributed by atoms with van der Waals surface area (Å²) in [5.41, 5.74) is 6.12. The fourth-order valence-electron chi connectivity index (χ4n) is 3.96. The average molecular weight is 543 g/mol. The van der Waals surface area contributed by atoms with E-state index in [0.29, 0.717) is 10.7 Å². The molecule has 4 rings (SSSR count). The van der Waals surface area contributed by atoms with Gasteiger partial charge in [-0.3, -0.25) is 19.8 Å². The number of amides is 2. The highest BCUT2D eigenvalue weighted by Crippen LogP contribution is 2.30. The molecule has 0 saturated carbocycles. The summed E-state index contributed by atoms with van der Waals surface area (Å²) in [5, 5.41) is 3.33. The minimum atomic E-state index is -0.511. The predicted molar refractivity (Wildman–Crippen MR) is 140 cm³/mol. The number of carbonyl (C=O) groups excluding carboxylic acids is 2. The molecule has 1 aliphatic rings. The van der Waals surface area contributed by atoms with Crippen LogP contribution in [0.25, 0.3) is 11.8 Å². The van der Waals surface area contributed by atoms with Crippen molar-refractivity contribution in [2.75, 3.05) is 4.90 Å². The van der Waals surface area contributed by atoms with Gasteiger partial charge in [0, 0.05) is 21.5 Å². The SMILES string of the molecule is Cc1cccc(N2C(=O)/C(=C/c3cc(C)n(-c4ccc(Br)c(Cl)c4)c3C)C(=O)NC2=S)c1C. The lowest BCUT2D eigenvalue weighted by Crippen LogP contribution is -2.54. The first kappa shape index (κ1) is 23.4. The van der Waals surface area contributed by atoms with Crippen molar-refractivity contribution in [3.63, 3.8) is 0 Å². The Morgan fingerprint density at radius 3 is 2.48 bits per heavy atom. The molecule has 8 heteroatoms. The number of nitrogens with zero attached hydrogens (tertiary/aromatic N) is 2. The topological polar surface area (TPSA) is 54.3 Å². The van der Waals surface area contributed by atoms with Crippen LogP contribution in [0.15, 0.2) is 52.5 Å². The van der Waals surface area contributed by atoms with Gasteiger partial charge in [-0.05, 0) is 109 Å². The monoisotopic (exact) mass is 541 g/mol. The van der Waals surface area contributed by atoms with Gasteiger partial charge >= 0.3 is 0 Å². The number of nitrogens with one attached hydrogen (secondary N) is 1. The first-order valence-corrected chi connectivity index (χ1v) is 11.8. The van der Waals surface area contributed by atoms with E-state index in [9.17, 15) is 9.59 Å². The minimum absolute atomic E-state index is 0.0265. The van der Waals surface area contributed by atoms with E-state index in [1.54, 1.807) is 6.08 Å². The molecule has 0 spiro atoms. The van der Waals surface area contributed by atoms with Crippen molar-refractivity contribution in [2.45, 2.75) is 27.7 Å². The molecule has 0 atom stereocenters.